The highest BCUT2D eigenvalue weighted by molar-refractivity contribution is 5.32. The molecule has 0 spiro atoms. The summed E-state index contributed by atoms with van der Waals surface area (Å²) in [5, 5.41) is 4.41. The molecule has 0 aliphatic rings. The van der Waals surface area contributed by atoms with Gasteiger partial charge in [-0.1, -0.05) is 13.8 Å². The smallest absolute Gasteiger partial charge is 0.160 e. The summed E-state index contributed by atoms with van der Waals surface area (Å²) in [6.45, 7) is 10.7. The lowest BCUT2D eigenvalue weighted by Gasteiger charge is -2.29. The van der Waals surface area contributed by atoms with Crippen LogP contribution in [0.5, 0.6) is 5.75 Å². The van der Waals surface area contributed by atoms with Crippen LogP contribution in [0.3, 0.4) is 0 Å². The standard InChI is InChI=1S/C13H25N3O/c1-9(2)16-12(11(17-6)8-15-16)13(4,5)7-10(3)14/h8-10H,7,14H2,1-6H3. The van der Waals surface area contributed by atoms with Crippen LogP contribution < -0.4 is 10.5 Å². The van der Waals surface area contributed by atoms with Crippen LogP contribution in [0.15, 0.2) is 6.20 Å². The fraction of sp³-hybridized carbons (Fsp3) is 0.769. The van der Waals surface area contributed by atoms with Gasteiger partial charge in [0.2, 0.25) is 0 Å². The highest BCUT2D eigenvalue weighted by Gasteiger charge is 2.31. The van der Waals surface area contributed by atoms with Crippen molar-refractivity contribution in [2.75, 3.05) is 7.11 Å². The molecule has 4 nitrogen and oxygen atoms in total. The Morgan fingerprint density at radius 3 is 2.41 bits per heavy atom. The molecule has 1 unspecified atom stereocenters. The van der Waals surface area contributed by atoms with Gasteiger partial charge in [-0.05, 0) is 27.2 Å². The van der Waals surface area contributed by atoms with E-state index in [2.05, 4.69) is 32.8 Å². The fourth-order valence-electron chi connectivity index (χ4n) is 2.43. The summed E-state index contributed by atoms with van der Waals surface area (Å²) in [5.74, 6) is 0.851. The Bertz CT molecular complexity index is 367. The van der Waals surface area contributed by atoms with Crippen LogP contribution in [0, 0.1) is 0 Å². The summed E-state index contributed by atoms with van der Waals surface area (Å²) in [7, 11) is 1.69. The first-order chi connectivity index (χ1) is 7.79. The van der Waals surface area contributed by atoms with E-state index in [-0.39, 0.29) is 11.5 Å². The molecular weight excluding hydrogens is 214 g/mol. The van der Waals surface area contributed by atoms with Crippen LogP contribution in [-0.2, 0) is 5.41 Å². The molecule has 0 aromatic carbocycles. The average molecular weight is 239 g/mol. The Morgan fingerprint density at radius 1 is 1.41 bits per heavy atom. The quantitative estimate of drug-likeness (QED) is 0.859. The maximum atomic E-state index is 5.93. The Balaban J connectivity index is 3.21. The lowest BCUT2D eigenvalue weighted by Crippen LogP contribution is -2.31. The zero-order chi connectivity index (χ0) is 13.2. The van der Waals surface area contributed by atoms with Gasteiger partial charge in [0.05, 0.1) is 19.0 Å². The van der Waals surface area contributed by atoms with E-state index >= 15 is 0 Å². The Morgan fingerprint density at radius 2 is 2.00 bits per heavy atom. The van der Waals surface area contributed by atoms with Gasteiger partial charge in [-0.2, -0.15) is 5.10 Å². The third kappa shape index (κ3) is 3.00. The van der Waals surface area contributed by atoms with Crippen molar-refractivity contribution in [2.45, 2.75) is 58.5 Å². The lowest BCUT2D eigenvalue weighted by molar-refractivity contribution is 0.347. The molecule has 0 radical (unpaired) electrons. The highest BCUT2D eigenvalue weighted by Crippen LogP contribution is 2.36. The molecule has 0 aliphatic carbocycles. The fourth-order valence-corrected chi connectivity index (χ4v) is 2.43. The molecule has 0 saturated heterocycles. The number of nitrogens with zero attached hydrogens (tertiary/aromatic N) is 2. The van der Waals surface area contributed by atoms with Crippen molar-refractivity contribution in [1.82, 2.24) is 9.78 Å². The third-order valence-corrected chi connectivity index (χ3v) is 2.94. The molecule has 98 valence electrons. The summed E-state index contributed by atoms with van der Waals surface area (Å²) in [6, 6.07) is 0.478. The average Bonchev–Trinajstić information content (AvgIpc) is 2.59. The molecule has 1 heterocycles. The van der Waals surface area contributed by atoms with Gasteiger partial charge in [0.25, 0.3) is 0 Å². The summed E-state index contributed by atoms with van der Waals surface area (Å²) in [4.78, 5) is 0. The maximum absolute atomic E-state index is 5.93. The number of methoxy groups -OCH3 is 1. The van der Waals surface area contributed by atoms with Gasteiger partial charge in [-0.3, -0.25) is 4.68 Å². The number of hydrogen-bond acceptors (Lipinski definition) is 3. The van der Waals surface area contributed by atoms with Crippen molar-refractivity contribution >= 4 is 0 Å². The zero-order valence-electron chi connectivity index (χ0n) is 11.8. The zero-order valence-corrected chi connectivity index (χ0v) is 11.8. The van der Waals surface area contributed by atoms with Crippen LogP contribution in [0.1, 0.15) is 52.8 Å². The molecule has 0 saturated carbocycles. The molecule has 1 atom stereocenters. The van der Waals surface area contributed by atoms with Gasteiger partial charge in [0, 0.05) is 17.5 Å². The summed E-state index contributed by atoms with van der Waals surface area (Å²) >= 11 is 0. The van der Waals surface area contributed by atoms with Crippen molar-refractivity contribution in [1.29, 1.82) is 0 Å². The van der Waals surface area contributed by atoms with E-state index in [0.29, 0.717) is 6.04 Å². The van der Waals surface area contributed by atoms with E-state index in [4.69, 9.17) is 10.5 Å². The van der Waals surface area contributed by atoms with Crippen LogP contribution in [0.4, 0.5) is 0 Å². The first-order valence-electron chi connectivity index (χ1n) is 6.17. The van der Waals surface area contributed by atoms with E-state index < -0.39 is 0 Å². The summed E-state index contributed by atoms with van der Waals surface area (Å²) in [5.41, 5.74) is 7.02. The second-order valence-electron chi connectivity index (χ2n) is 5.67. The lowest BCUT2D eigenvalue weighted by atomic mass is 9.82. The van der Waals surface area contributed by atoms with Gasteiger partial charge in [-0.15, -0.1) is 0 Å². The first kappa shape index (κ1) is 14.0. The minimum atomic E-state index is -0.0414. The van der Waals surface area contributed by atoms with Crippen LogP contribution >= 0.6 is 0 Å². The normalized spacial score (nSPS) is 14.1. The molecule has 1 aromatic heterocycles. The Labute approximate surface area is 104 Å². The minimum Gasteiger partial charge on any atom is -0.493 e. The van der Waals surface area contributed by atoms with E-state index in [9.17, 15) is 0 Å². The molecule has 0 bridgehead atoms. The minimum absolute atomic E-state index is 0.0414. The van der Waals surface area contributed by atoms with Gasteiger partial charge in [-0.25, -0.2) is 0 Å². The van der Waals surface area contributed by atoms with Crippen molar-refractivity contribution in [3.05, 3.63) is 11.9 Å². The maximum Gasteiger partial charge on any atom is 0.160 e. The third-order valence-electron chi connectivity index (χ3n) is 2.94. The number of hydrogen-bond donors (Lipinski definition) is 1. The molecule has 1 rings (SSSR count). The first-order valence-corrected chi connectivity index (χ1v) is 6.17. The number of aromatic nitrogens is 2. The van der Waals surface area contributed by atoms with Crippen molar-refractivity contribution in [2.24, 2.45) is 5.73 Å². The van der Waals surface area contributed by atoms with E-state index in [0.717, 1.165) is 17.9 Å². The van der Waals surface area contributed by atoms with Crippen LogP contribution in [0.25, 0.3) is 0 Å². The van der Waals surface area contributed by atoms with E-state index in [1.165, 1.54) is 0 Å². The van der Waals surface area contributed by atoms with Crippen molar-refractivity contribution in [3.63, 3.8) is 0 Å². The predicted molar refractivity (Wildman–Crippen MR) is 70.5 cm³/mol. The molecule has 0 fully saturated rings. The summed E-state index contributed by atoms with van der Waals surface area (Å²) in [6.07, 6.45) is 2.69. The monoisotopic (exact) mass is 239 g/mol. The topological polar surface area (TPSA) is 53.1 Å². The Kier molecular flexibility index (Phi) is 4.20. The van der Waals surface area contributed by atoms with Gasteiger partial charge in [0.1, 0.15) is 0 Å². The van der Waals surface area contributed by atoms with Crippen LogP contribution in [-0.4, -0.2) is 22.9 Å². The largest absolute Gasteiger partial charge is 0.493 e. The van der Waals surface area contributed by atoms with Crippen molar-refractivity contribution < 1.29 is 4.74 Å². The number of ether oxygens (including phenoxy) is 1. The number of rotatable bonds is 5. The van der Waals surface area contributed by atoms with Gasteiger partial charge in [0.15, 0.2) is 5.75 Å². The SMILES string of the molecule is COc1cnn(C(C)C)c1C(C)(C)CC(C)N. The highest BCUT2D eigenvalue weighted by atomic mass is 16.5. The van der Waals surface area contributed by atoms with Gasteiger partial charge >= 0.3 is 0 Å². The van der Waals surface area contributed by atoms with Gasteiger partial charge < -0.3 is 10.5 Å². The molecular formula is C13H25N3O. The second-order valence-corrected chi connectivity index (χ2v) is 5.67. The molecule has 1 aromatic rings. The van der Waals surface area contributed by atoms with E-state index in [1.54, 1.807) is 13.3 Å². The van der Waals surface area contributed by atoms with E-state index in [1.807, 2.05) is 11.6 Å². The molecule has 4 heteroatoms. The molecule has 2 N–H and O–H groups in total. The summed E-state index contributed by atoms with van der Waals surface area (Å²) < 4.78 is 7.45. The molecule has 0 aliphatic heterocycles. The number of nitrogens with two attached hydrogens (primary N) is 1. The molecule has 17 heavy (non-hydrogen) atoms. The predicted octanol–water partition coefficient (Wildman–Crippen LogP) is 2.49. The molecule has 0 amide bonds. The van der Waals surface area contributed by atoms with Crippen molar-refractivity contribution in [3.8, 4) is 5.75 Å². The Hall–Kier alpha value is -1.03. The van der Waals surface area contributed by atoms with Crippen LogP contribution in [0.2, 0.25) is 0 Å². The second kappa shape index (κ2) is 5.08.